The van der Waals surface area contributed by atoms with Crippen molar-refractivity contribution in [3.63, 3.8) is 0 Å². The minimum atomic E-state index is 0.954. The Hall–Kier alpha value is -1.51. The van der Waals surface area contributed by atoms with Crippen molar-refractivity contribution in [1.29, 1.82) is 0 Å². The van der Waals surface area contributed by atoms with Crippen LogP contribution in [-0.2, 0) is 6.54 Å². The van der Waals surface area contributed by atoms with Gasteiger partial charge in [-0.3, -0.25) is 4.99 Å². The maximum absolute atomic E-state index is 4.72. The van der Waals surface area contributed by atoms with Crippen LogP contribution < -0.4 is 4.90 Å². The molecule has 0 radical (unpaired) electrons. The summed E-state index contributed by atoms with van der Waals surface area (Å²) in [5.41, 5.74) is 2.82. The summed E-state index contributed by atoms with van der Waals surface area (Å²) in [5, 5.41) is 0. The van der Waals surface area contributed by atoms with Gasteiger partial charge in [-0.2, -0.15) is 0 Å². The van der Waals surface area contributed by atoms with E-state index in [1.165, 1.54) is 49.3 Å². The fraction of sp³-hybridized carbons (Fsp3) is 0.588. The number of nitrogens with zero attached hydrogens (tertiary/aromatic N) is 3. The quantitative estimate of drug-likeness (QED) is 0.735. The summed E-state index contributed by atoms with van der Waals surface area (Å²) in [6.45, 7) is 6.44. The van der Waals surface area contributed by atoms with E-state index in [1.807, 2.05) is 0 Å². The molecule has 0 aromatic heterocycles. The van der Waals surface area contributed by atoms with E-state index in [0.29, 0.717) is 0 Å². The number of hydrogen-bond acceptors (Lipinski definition) is 3. The summed E-state index contributed by atoms with van der Waals surface area (Å²) in [6.07, 6.45) is 6.64. The average Bonchev–Trinajstić information content (AvgIpc) is 2.94. The Morgan fingerprint density at radius 1 is 1.10 bits per heavy atom. The van der Waals surface area contributed by atoms with Crippen molar-refractivity contribution in [2.24, 2.45) is 4.99 Å². The minimum Gasteiger partial charge on any atom is -0.336 e. The minimum absolute atomic E-state index is 0.954. The van der Waals surface area contributed by atoms with Crippen molar-refractivity contribution < 1.29 is 0 Å². The van der Waals surface area contributed by atoms with E-state index in [4.69, 9.17) is 4.99 Å². The number of benzene rings is 1. The molecule has 0 unspecified atom stereocenters. The van der Waals surface area contributed by atoms with Crippen molar-refractivity contribution >= 4 is 11.6 Å². The molecule has 1 aromatic carbocycles. The van der Waals surface area contributed by atoms with Crippen molar-refractivity contribution in [2.75, 3.05) is 24.5 Å². The predicted molar refractivity (Wildman–Crippen MR) is 85.3 cm³/mol. The van der Waals surface area contributed by atoms with Gasteiger partial charge in [-0.25, -0.2) is 0 Å². The van der Waals surface area contributed by atoms with Gasteiger partial charge in [0.2, 0.25) is 5.96 Å². The zero-order valence-corrected chi connectivity index (χ0v) is 12.5. The highest BCUT2D eigenvalue weighted by Gasteiger charge is 2.30. The maximum Gasteiger partial charge on any atom is 0.201 e. The second kappa shape index (κ2) is 6.29. The number of rotatable bonds is 6. The number of unbranched alkanes of at least 4 members (excludes halogenated alkanes) is 4. The average molecular weight is 271 g/mol. The Morgan fingerprint density at radius 3 is 2.85 bits per heavy atom. The number of fused-ring (bicyclic) bond motifs is 2. The van der Waals surface area contributed by atoms with Crippen molar-refractivity contribution in [2.45, 2.75) is 45.6 Å². The SMILES string of the molecule is CCCCCCCN1C2=NCCN2Cc2ccccc21. The molecule has 0 N–H and O–H groups in total. The number of hydrogen-bond donors (Lipinski definition) is 0. The van der Waals surface area contributed by atoms with Crippen LogP contribution in [0.5, 0.6) is 0 Å². The summed E-state index contributed by atoms with van der Waals surface area (Å²) >= 11 is 0. The number of guanidine groups is 1. The van der Waals surface area contributed by atoms with Gasteiger partial charge in [-0.1, -0.05) is 50.8 Å². The molecule has 0 aliphatic carbocycles. The Bertz CT molecular complexity index is 481. The lowest BCUT2D eigenvalue weighted by molar-refractivity contribution is 0.433. The summed E-state index contributed by atoms with van der Waals surface area (Å²) in [5.74, 6) is 1.21. The molecule has 2 heterocycles. The van der Waals surface area contributed by atoms with E-state index in [1.54, 1.807) is 0 Å². The number of anilines is 1. The van der Waals surface area contributed by atoms with E-state index in [0.717, 1.165) is 26.2 Å². The first kappa shape index (κ1) is 13.5. The molecule has 0 saturated carbocycles. The lowest BCUT2D eigenvalue weighted by Gasteiger charge is -2.37. The molecule has 0 fully saturated rings. The van der Waals surface area contributed by atoms with Crippen LogP contribution in [0.1, 0.15) is 44.6 Å². The fourth-order valence-electron chi connectivity index (χ4n) is 3.19. The van der Waals surface area contributed by atoms with Crippen LogP contribution in [0.4, 0.5) is 5.69 Å². The molecular weight excluding hydrogens is 246 g/mol. The Labute approximate surface area is 122 Å². The first-order valence-electron chi connectivity index (χ1n) is 8.05. The van der Waals surface area contributed by atoms with Gasteiger partial charge in [0, 0.05) is 25.3 Å². The van der Waals surface area contributed by atoms with E-state index in [-0.39, 0.29) is 0 Å². The molecule has 20 heavy (non-hydrogen) atoms. The molecule has 3 nitrogen and oxygen atoms in total. The molecule has 3 heteroatoms. The van der Waals surface area contributed by atoms with Gasteiger partial charge in [0.15, 0.2) is 0 Å². The van der Waals surface area contributed by atoms with Gasteiger partial charge >= 0.3 is 0 Å². The number of aliphatic imine (C=N–C) groups is 1. The van der Waals surface area contributed by atoms with Crippen LogP contribution in [0.2, 0.25) is 0 Å². The highest BCUT2D eigenvalue weighted by molar-refractivity contribution is 5.99. The topological polar surface area (TPSA) is 18.8 Å². The highest BCUT2D eigenvalue weighted by Crippen LogP contribution is 2.30. The summed E-state index contributed by atoms with van der Waals surface area (Å²) in [6, 6.07) is 8.80. The molecule has 0 bridgehead atoms. The maximum atomic E-state index is 4.72. The van der Waals surface area contributed by atoms with Crippen molar-refractivity contribution in [1.82, 2.24) is 4.90 Å². The van der Waals surface area contributed by atoms with Crippen LogP contribution >= 0.6 is 0 Å². The third-order valence-corrected chi connectivity index (χ3v) is 4.28. The summed E-state index contributed by atoms with van der Waals surface area (Å²) < 4.78 is 0. The van der Waals surface area contributed by atoms with Gasteiger partial charge in [-0.15, -0.1) is 0 Å². The molecule has 0 amide bonds. The standard InChI is InChI=1S/C17H25N3/c1-2-3-4-5-8-12-20-16-10-7-6-9-15(16)14-19-13-11-18-17(19)20/h6-7,9-10H,2-5,8,11-14H2,1H3. The Balaban J connectivity index is 1.70. The van der Waals surface area contributed by atoms with E-state index >= 15 is 0 Å². The normalized spacial score (nSPS) is 16.9. The number of para-hydroxylation sites is 1. The third-order valence-electron chi connectivity index (χ3n) is 4.28. The molecule has 0 spiro atoms. The molecule has 0 atom stereocenters. The second-order valence-electron chi connectivity index (χ2n) is 5.80. The zero-order chi connectivity index (χ0) is 13.8. The monoisotopic (exact) mass is 271 g/mol. The summed E-state index contributed by atoms with van der Waals surface area (Å²) in [7, 11) is 0. The van der Waals surface area contributed by atoms with Crippen molar-refractivity contribution in [3.8, 4) is 0 Å². The van der Waals surface area contributed by atoms with Crippen LogP contribution in [-0.4, -0.2) is 30.5 Å². The Morgan fingerprint density at radius 2 is 1.95 bits per heavy atom. The van der Waals surface area contributed by atoms with Gasteiger partial charge < -0.3 is 9.80 Å². The first-order valence-corrected chi connectivity index (χ1v) is 8.05. The van der Waals surface area contributed by atoms with Crippen LogP contribution in [0.25, 0.3) is 0 Å². The van der Waals surface area contributed by atoms with E-state index in [9.17, 15) is 0 Å². The lowest BCUT2D eigenvalue weighted by atomic mass is 10.1. The van der Waals surface area contributed by atoms with Gasteiger partial charge in [-0.05, 0) is 18.1 Å². The van der Waals surface area contributed by atoms with E-state index in [2.05, 4.69) is 41.0 Å². The molecular formula is C17H25N3. The second-order valence-corrected chi connectivity index (χ2v) is 5.80. The largest absolute Gasteiger partial charge is 0.336 e. The molecule has 2 aliphatic heterocycles. The molecule has 0 saturated heterocycles. The van der Waals surface area contributed by atoms with E-state index < -0.39 is 0 Å². The third kappa shape index (κ3) is 2.67. The van der Waals surface area contributed by atoms with Crippen LogP contribution in [0.15, 0.2) is 29.3 Å². The Kier molecular flexibility index (Phi) is 4.24. The van der Waals surface area contributed by atoms with Gasteiger partial charge in [0.1, 0.15) is 0 Å². The first-order chi connectivity index (χ1) is 9.90. The van der Waals surface area contributed by atoms with Gasteiger partial charge in [0.05, 0.1) is 6.54 Å². The highest BCUT2D eigenvalue weighted by atomic mass is 15.4. The lowest BCUT2D eigenvalue weighted by Crippen LogP contribution is -2.46. The van der Waals surface area contributed by atoms with Crippen LogP contribution in [0, 0.1) is 0 Å². The smallest absolute Gasteiger partial charge is 0.201 e. The fourth-order valence-corrected chi connectivity index (χ4v) is 3.19. The predicted octanol–water partition coefficient (Wildman–Crippen LogP) is 3.65. The van der Waals surface area contributed by atoms with Crippen molar-refractivity contribution in [3.05, 3.63) is 29.8 Å². The summed E-state index contributed by atoms with van der Waals surface area (Å²) in [4.78, 5) is 9.59. The van der Waals surface area contributed by atoms with Crippen LogP contribution in [0.3, 0.4) is 0 Å². The zero-order valence-electron chi connectivity index (χ0n) is 12.5. The molecule has 1 aromatic rings. The molecule has 3 rings (SSSR count). The molecule has 2 aliphatic rings. The van der Waals surface area contributed by atoms with Gasteiger partial charge in [0.25, 0.3) is 0 Å². The molecule has 108 valence electrons.